The maximum absolute atomic E-state index is 12.2. The molecule has 1 heterocycles. The van der Waals surface area contributed by atoms with Gasteiger partial charge in [0, 0.05) is 6.54 Å². The van der Waals surface area contributed by atoms with Gasteiger partial charge in [-0.2, -0.15) is 13.2 Å². The van der Waals surface area contributed by atoms with E-state index in [4.69, 9.17) is 4.74 Å². The van der Waals surface area contributed by atoms with Crippen molar-refractivity contribution < 1.29 is 22.7 Å². The third-order valence-corrected chi connectivity index (χ3v) is 3.04. The van der Waals surface area contributed by atoms with Crippen molar-refractivity contribution in [1.82, 2.24) is 4.90 Å². The molecule has 0 aromatic heterocycles. The molecule has 0 atom stereocenters. The highest BCUT2D eigenvalue weighted by Gasteiger charge is 2.49. The number of morpholine rings is 1. The van der Waals surface area contributed by atoms with Crippen molar-refractivity contribution in [2.45, 2.75) is 31.0 Å². The Labute approximate surface area is 85.2 Å². The van der Waals surface area contributed by atoms with Gasteiger partial charge in [0.05, 0.1) is 18.8 Å². The highest BCUT2D eigenvalue weighted by atomic mass is 19.4. The number of halogens is 3. The summed E-state index contributed by atoms with van der Waals surface area (Å²) in [7, 11) is 0. The van der Waals surface area contributed by atoms with Crippen LogP contribution >= 0.6 is 0 Å². The molecule has 0 aromatic carbocycles. The van der Waals surface area contributed by atoms with E-state index in [1.165, 1.54) is 0 Å². The lowest BCUT2D eigenvalue weighted by Gasteiger charge is -2.48. The summed E-state index contributed by atoms with van der Waals surface area (Å²) in [5, 5.41) is 0. The normalized spacial score (nSPS) is 25.1. The van der Waals surface area contributed by atoms with E-state index in [0.29, 0.717) is 0 Å². The zero-order valence-corrected chi connectivity index (χ0v) is 8.14. The van der Waals surface area contributed by atoms with Crippen LogP contribution in [0.4, 0.5) is 13.2 Å². The van der Waals surface area contributed by atoms with Crippen molar-refractivity contribution >= 4 is 5.91 Å². The molecule has 1 aliphatic carbocycles. The highest BCUT2D eigenvalue weighted by molar-refractivity contribution is 5.82. The van der Waals surface area contributed by atoms with Gasteiger partial charge in [-0.3, -0.25) is 4.79 Å². The van der Waals surface area contributed by atoms with Crippen LogP contribution in [-0.2, 0) is 9.53 Å². The molecule has 15 heavy (non-hydrogen) atoms. The zero-order chi connectivity index (χ0) is 11.1. The SMILES string of the molecule is O=C(N1CCOC2(CCC2)C1)C(F)(F)F. The predicted molar refractivity (Wildman–Crippen MR) is 45.2 cm³/mol. The van der Waals surface area contributed by atoms with E-state index in [1.54, 1.807) is 0 Å². The van der Waals surface area contributed by atoms with Gasteiger partial charge in [0.15, 0.2) is 0 Å². The highest BCUT2D eigenvalue weighted by Crippen LogP contribution is 2.38. The molecule has 1 amide bonds. The lowest BCUT2D eigenvalue weighted by molar-refractivity contribution is -0.204. The molecule has 2 fully saturated rings. The van der Waals surface area contributed by atoms with Crippen LogP contribution in [0, 0.1) is 0 Å². The van der Waals surface area contributed by atoms with Gasteiger partial charge in [-0.1, -0.05) is 0 Å². The second-order valence-corrected chi connectivity index (χ2v) is 4.11. The van der Waals surface area contributed by atoms with Gasteiger partial charge < -0.3 is 9.64 Å². The summed E-state index contributed by atoms with van der Waals surface area (Å²) in [6, 6.07) is 0. The third kappa shape index (κ3) is 1.95. The minimum atomic E-state index is -4.76. The molecule has 2 rings (SSSR count). The molecule has 3 nitrogen and oxygen atoms in total. The first kappa shape index (κ1) is 10.7. The van der Waals surface area contributed by atoms with Gasteiger partial charge >= 0.3 is 12.1 Å². The van der Waals surface area contributed by atoms with Crippen LogP contribution in [0.2, 0.25) is 0 Å². The second kappa shape index (κ2) is 3.37. The van der Waals surface area contributed by atoms with Gasteiger partial charge in [-0.25, -0.2) is 0 Å². The third-order valence-electron chi connectivity index (χ3n) is 3.04. The smallest absolute Gasteiger partial charge is 0.371 e. The van der Waals surface area contributed by atoms with E-state index in [9.17, 15) is 18.0 Å². The lowest BCUT2D eigenvalue weighted by atomic mass is 9.79. The summed E-state index contributed by atoms with van der Waals surface area (Å²) in [6.07, 6.45) is -2.28. The van der Waals surface area contributed by atoms with Crippen LogP contribution in [-0.4, -0.2) is 42.3 Å². The molecule has 0 radical (unpaired) electrons. The van der Waals surface area contributed by atoms with E-state index in [0.717, 1.165) is 24.2 Å². The molecule has 2 aliphatic rings. The van der Waals surface area contributed by atoms with Crippen molar-refractivity contribution in [3.8, 4) is 0 Å². The Balaban J connectivity index is 2.01. The molecule has 86 valence electrons. The summed E-state index contributed by atoms with van der Waals surface area (Å²) in [4.78, 5) is 11.9. The van der Waals surface area contributed by atoms with E-state index in [-0.39, 0.29) is 19.7 Å². The quantitative estimate of drug-likeness (QED) is 0.620. The molecule has 1 spiro atoms. The number of hydrogen-bond acceptors (Lipinski definition) is 2. The molecule has 1 saturated carbocycles. The Morgan fingerprint density at radius 3 is 2.47 bits per heavy atom. The topological polar surface area (TPSA) is 29.5 Å². The van der Waals surface area contributed by atoms with Gasteiger partial charge in [-0.05, 0) is 19.3 Å². The first-order valence-electron chi connectivity index (χ1n) is 4.93. The molecule has 6 heteroatoms. The number of amides is 1. The molecular formula is C9H12F3NO2. The molecule has 1 aliphatic heterocycles. The van der Waals surface area contributed by atoms with Gasteiger partial charge in [0.2, 0.25) is 0 Å². The molecule has 0 aromatic rings. The van der Waals surface area contributed by atoms with Crippen LogP contribution in [0.1, 0.15) is 19.3 Å². The molecule has 1 saturated heterocycles. The predicted octanol–water partition coefficient (Wildman–Crippen LogP) is 1.33. The minimum Gasteiger partial charge on any atom is -0.371 e. The van der Waals surface area contributed by atoms with E-state index < -0.39 is 17.7 Å². The number of carbonyl (C=O) groups is 1. The van der Waals surface area contributed by atoms with Crippen LogP contribution < -0.4 is 0 Å². The van der Waals surface area contributed by atoms with Crippen molar-refractivity contribution in [3.63, 3.8) is 0 Å². The first-order valence-corrected chi connectivity index (χ1v) is 4.93. The van der Waals surface area contributed by atoms with E-state index in [1.807, 2.05) is 0 Å². The number of carbonyl (C=O) groups excluding carboxylic acids is 1. The number of ether oxygens (including phenoxy) is 1. The largest absolute Gasteiger partial charge is 0.471 e. The summed E-state index contributed by atoms with van der Waals surface area (Å²) in [5.41, 5.74) is -0.473. The van der Waals surface area contributed by atoms with E-state index >= 15 is 0 Å². The van der Waals surface area contributed by atoms with Crippen LogP contribution in [0.25, 0.3) is 0 Å². The fourth-order valence-electron chi connectivity index (χ4n) is 2.07. The second-order valence-electron chi connectivity index (χ2n) is 4.11. The number of alkyl halides is 3. The Morgan fingerprint density at radius 1 is 1.33 bits per heavy atom. The van der Waals surface area contributed by atoms with Crippen LogP contribution in [0.3, 0.4) is 0 Å². The molecule has 0 bridgehead atoms. The Hall–Kier alpha value is -0.780. The lowest BCUT2D eigenvalue weighted by Crippen LogP contribution is -2.59. The summed E-state index contributed by atoms with van der Waals surface area (Å²) in [5.74, 6) is -1.74. The van der Waals surface area contributed by atoms with Crippen molar-refractivity contribution in [2.75, 3.05) is 19.7 Å². The zero-order valence-electron chi connectivity index (χ0n) is 8.14. The molecule has 0 unspecified atom stereocenters. The number of nitrogens with zero attached hydrogens (tertiary/aromatic N) is 1. The standard InChI is InChI=1S/C9H12F3NO2/c10-9(11,12)7(14)13-4-5-15-8(6-13)2-1-3-8/h1-6H2. The minimum absolute atomic E-state index is 0.0418. The van der Waals surface area contributed by atoms with Crippen LogP contribution in [0.15, 0.2) is 0 Å². The Kier molecular flexibility index (Phi) is 2.41. The van der Waals surface area contributed by atoms with Gasteiger partial charge in [-0.15, -0.1) is 0 Å². The Bertz CT molecular complexity index is 273. The van der Waals surface area contributed by atoms with Crippen molar-refractivity contribution in [2.24, 2.45) is 0 Å². The summed E-state index contributed by atoms with van der Waals surface area (Å²) < 4.78 is 42.0. The maximum Gasteiger partial charge on any atom is 0.471 e. The maximum atomic E-state index is 12.2. The van der Waals surface area contributed by atoms with Crippen LogP contribution in [0.5, 0.6) is 0 Å². The monoisotopic (exact) mass is 223 g/mol. The fourth-order valence-corrected chi connectivity index (χ4v) is 2.07. The number of rotatable bonds is 0. The fraction of sp³-hybridized carbons (Fsp3) is 0.889. The average Bonchev–Trinajstić information content (AvgIpc) is 2.13. The van der Waals surface area contributed by atoms with Gasteiger partial charge in [0.1, 0.15) is 0 Å². The summed E-state index contributed by atoms with van der Waals surface area (Å²) >= 11 is 0. The molecule has 0 N–H and O–H groups in total. The average molecular weight is 223 g/mol. The Morgan fingerprint density at radius 2 is 2.00 bits per heavy atom. The number of hydrogen-bond donors (Lipinski definition) is 0. The van der Waals surface area contributed by atoms with Crippen molar-refractivity contribution in [3.05, 3.63) is 0 Å². The molecular weight excluding hydrogens is 211 g/mol. The van der Waals surface area contributed by atoms with Crippen molar-refractivity contribution in [1.29, 1.82) is 0 Å². The summed E-state index contributed by atoms with van der Waals surface area (Å²) in [6.45, 7) is 0.341. The van der Waals surface area contributed by atoms with Gasteiger partial charge in [0.25, 0.3) is 0 Å². The first-order chi connectivity index (χ1) is 6.93. The van der Waals surface area contributed by atoms with E-state index in [2.05, 4.69) is 0 Å².